The van der Waals surface area contributed by atoms with E-state index in [1.807, 2.05) is 6.07 Å². The second-order valence-corrected chi connectivity index (χ2v) is 5.44. The Morgan fingerprint density at radius 1 is 1.12 bits per heavy atom. The van der Waals surface area contributed by atoms with Gasteiger partial charge in [0.2, 0.25) is 5.91 Å². The fourth-order valence-electron chi connectivity index (χ4n) is 2.63. The molecule has 0 saturated carbocycles. The van der Waals surface area contributed by atoms with Gasteiger partial charge < -0.3 is 10.4 Å². The number of carbonyl (C=O) groups excluding carboxylic acids is 1. The summed E-state index contributed by atoms with van der Waals surface area (Å²) in [6, 6.07) is 13.2. The predicted molar refractivity (Wildman–Crippen MR) is 88.1 cm³/mol. The molecule has 0 fully saturated rings. The molecule has 25 heavy (non-hydrogen) atoms. The molecule has 1 aliphatic heterocycles. The van der Waals surface area contributed by atoms with Crippen LogP contribution in [0.1, 0.15) is 17.2 Å². The molecule has 2 N–H and O–H groups in total. The first-order valence-corrected chi connectivity index (χ1v) is 7.38. The number of hydrogen-bond acceptors (Lipinski definition) is 5. The minimum Gasteiger partial charge on any atom is -0.481 e. The third-order valence-corrected chi connectivity index (χ3v) is 3.87. The van der Waals surface area contributed by atoms with Crippen molar-refractivity contribution in [2.24, 2.45) is 10.9 Å². The van der Waals surface area contributed by atoms with Crippen molar-refractivity contribution >= 4 is 23.4 Å². The maximum absolute atomic E-state index is 12.3. The topological polar surface area (TPSA) is 122 Å². The first kappa shape index (κ1) is 16.3. The van der Waals surface area contributed by atoms with Crippen molar-refractivity contribution in [2.75, 3.05) is 0 Å². The summed E-state index contributed by atoms with van der Waals surface area (Å²) >= 11 is 0. The lowest BCUT2D eigenvalue weighted by molar-refractivity contribution is -0.384. The van der Waals surface area contributed by atoms with Crippen molar-refractivity contribution in [3.05, 3.63) is 75.8 Å². The highest BCUT2D eigenvalue weighted by atomic mass is 16.6. The molecule has 1 amide bonds. The smallest absolute Gasteiger partial charge is 0.318 e. The van der Waals surface area contributed by atoms with Gasteiger partial charge in [0.15, 0.2) is 5.92 Å². The number of carboxylic acid groups (broad SMARTS) is 1. The number of aliphatic carboxylic acids is 1. The van der Waals surface area contributed by atoms with Crippen LogP contribution in [0.4, 0.5) is 5.69 Å². The molecule has 0 saturated heterocycles. The van der Waals surface area contributed by atoms with E-state index < -0.39 is 28.8 Å². The highest BCUT2D eigenvalue weighted by Crippen LogP contribution is 2.31. The molecule has 2 aromatic rings. The molecule has 0 aromatic heterocycles. The lowest BCUT2D eigenvalue weighted by Gasteiger charge is -2.27. The number of amidine groups is 1. The zero-order chi connectivity index (χ0) is 18.0. The molecule has 2 aromatic carbocycles. The Hall–Kier alpha value is -3.55. The first-order valence-electron chi connectivity index (χ1n) is 7.38. The van der Waals surface area contributed by atoms with Crippen LogP contribution < -0.4 is 5.32 Å². The van der Waals surface area contributed by atoms with Crippen molar-refractivity contribution in [1.82, 2.24) is 5.32 Å². The second kappa shape index (κ2) is 6.52. The minimum atomic E-state index is -1.41. The van der Waals surface area contributed by atoms with Crippen molar-refractivity contribution in [3.8, 4) is 0 Å². The van der Waals surface area contributed by atoms with E-state index >= 15 is 0 Å². The van der Waals surface area contributed by atoms with Crippen LogP contribution in [0.15, 0.2) is 59.6 Å². The Morgan fingerprint density at radius 3 is 2.32 bits per heavy atom. The van der Waals surface area contributed by atoms with E-state index in [1.54, 1.807) is 24.3 Å². The number of carbonyl (C=O) groups is 2. The fraction of sp³-hybridized carbons (Fsp3) is 0.118. The second-order valence-electron chi connectivity index (χ2n) is 5.44. The number of carboxylic acids is 1. The molecule has 8 nitrogen and oxygen atoms in total. The molecular weight excluding hydrogens is 326 g/mol. The van der Waals surface area contributed by atoms with E-state index in [1.165, 1.54) is 24.3 Å². The van der Waals surface area contributed by atoms with Gasteiger partial charge in [0.25, 0.3) is 5.69 Å². The van der Waals surface area contributed by atoms with E-state index in [0.717, 1.165) is 0 Å². The van der Waals surface area contributed by atoms with E-state index in [9.17, 15) is 24.8 Å². The number of nitro benzene ring substituents is 1. The first-order chi connectivity index (χ1) is 12.0. The highest BCUT2D eigenvalue weighted by molar-refractivity contribution is 6.14. The van der Waals surface area contributed by atoms with Gasteiger partial charge in [0.05, 0.1) is 11.0 Å². The number of rotatable bonds is 4. The summed E-state index contributed by atoms with van der Waals surface area (Å²) in [5, 5.41) is 22.7. The summed E-state index contributed by atoms with van der Waals surface area (Å²) in [5.41, 5.74) is 0.941. The zero-order valence-corrected chi connectivity index (χ0v) is 12.8. The summed E-state index contributed by atoms with van der Waals surface area (Å²) in [4.78, 5) is 38.4. The molecule has 1 aliphatic rings. The summed E-state index contributed by atoms with van der Waals surface area (Å²) in [6.07, 6.45) is 0. The van der Waals surface area contributed by atoms with Gasteiger partial charge in [-0.25, -0.2) is 0 Å². The average Bonchev–Trinajstić information content (AvgIpc) is 2.61. The number of benzene rings is 2. The van der Waals surface area contributed by atoms with Gasteiger partial charge in [0, 0.05) is 17.7 Å². The van der Waals surface area contributed by atoms with Gasteiger partial charge in [-0.2, -0.15) is 0 Å². The number of nitrogens with zero attached hydrogens (tertiary/aromatic N) is 2. The minimum absolute atomic E-state index is 0.122. The van der Waals surface area contributed by atoms with Crippen LogP contribution in [0.5, 0.6) is 0 Å². The van der Waals surface area contributed by atoms with Crippen molar-refractivity contribution in [3.63, 3.8) is 0 Å². The maximum Gasteiger partial charge on any atom is 0.318 e. The lowest BCUT2D eigenvalue weighted by atomic mass is 9.90. The molecule has 0 bridgehead atoms. The molecular formula is C17H13N3O5. The van der Waals surface area contributed by atoms with Crippen molar-refractivity contribution in [2.45, 2.75) is 6.04 Å². The van der Waals surface area contributed by atoms with Gasteiger partial charge in [-0.1, -0.05) is 42.5 Å². The molecule has 126 valence electrons. The fourth-order valence-corrected chi connectivity index (χ4v) is 2.63. The number of hydrogen-bond donors (Lipinski definition) is 2. The quantitative estimate of drug-likeness (QED) is 0.500. The van der Waals surface area contributed by atoms with E-state index in [0.29, 0.717) is 11.1 Å². The monoisotopic (exact) mass is 339 g/mol. The Morgan fingerprint density at radius 2 is 1.76 bits per heavy atom. The van der Waals surface area contributed by atoms with E-state index in [-0.39, 0.29) is 11.5 Å². The van der Waals surface area contributed by atoms with Crippen LogP contribution in [-0.2, 0) is 9.59 Å². The molecule has 0 aliphatic carbocycles. The van der Waals surface area contributed by atoms with Gasteiger partial charge in [-0.3, -0.25) is 24.7 Å². The molecule has 0 spiro atoms. The number of nitro groups is 1. The maximum atomic E-state index is 12.3. The molecule has 2 atom stereocenters. The van der Waals surface area contributed by atoms with Crippen LogP contribution in [0, 0.1) is 16.0 Å². The van der Waals surface area contributed by atoms with E-state index in [4.69, 9.17) is 0 Å². The van der Waals surface area contributed by atoms with Crippen molar-refractivity contribution in [1.29, 1.82) is 0 Å². The number of aliphatic imine (C=N–C) groups is 1. The SMILES string of the molecule is O=C(O)C1C(=O)NC(c2ccccc2)=NC1c1ccc([N+](=O)[O-])cc1. The third-order valence-electron chi connectivity index (χ3n) is 3.87. The van der Waals surface area contributed by atoms with Crippen LogP contribution in [-0.4, -0.2) is 27.7 Å². The van der Waals surface area contributed by atoms with Gasteiger partial charge in [0.1, 0.15) is 5.84 Å². The summed E-state index contributed by atoms with van der Waals surface area (Å²) in [7, 11) is 0. The Labute approximate surface area is 142 Å². The number of amides is 1. The average molecular weight is 339 g/mol. The lowest BCUT2D eigenvalue weighted by Crippen LogP contribution is -2.46. The summed E-state index contributed by atoms with van der Waals surface area (Å²) < 4.78 is 0. The predicted octanol–water partition coefficient (Wildman–Crippen LogP) is 1.91. The molecule has 1 heterocycles. The molecule has 8 heteroatoms. The van der Waals surface area contributed by atoms with Crippen LogP contribution >= 0.6 is 0 Å². The summed E-state index contributed by atoms with van der Waals surface area (Å²) in [6.45, 7) is 0. The van der Waals surface area contributed by atoms with Gasteiger partial charge in [-0.15, -0.1) is 0 Å². The Kier molecular flexibility index (Phi) is 4.25. The van der Waals surface area contributed by atoms with Crippen LogP contribution in [0.2, 0.25) is 0 Å². The van der Waals surface area contributed by atoms with Gasteiger partial charge >= 0.3 is 5.97 Å². The third kappa shape index (κ3) is 3.23. The molecule has 3 rings (SSSR count). The highest BCUT2D eigenvalue weighted by Gasteiger charge is 2.40. The normalized spacial score (nSPS) is 19.7. The molecule has 2 unspecified atom stereocenters. The zero-order valence-electron chi connectivity index (χ0n) is 12.8. The Bertz CT molecular complexity index is 862. The summed E-state index contributed by atoms with van der Waals surface area (Å²) in [5.74, 6) is -3.12. The van der Waals surface area contributed by atoms with Crippen LogP contribution in [0.25, 0.3) is 0 Å². The number of non-ortho nitro benzene ring substituents is 1. The molecule has 0 radical (unpaired) electrons. The Balaban J connectivity index is 2.06. The standard InChI is InChI=1S/C17H13N3O5/c21-16-13(17(22)23)14(10-6-8-12(9-7-10)20(24)25)18-15(19-16)11-4-2-1-3-5-11/h1-9,13-14H,(H,22,23)(H,18,19,21). The van der Waals surface area contributed by atoms with Crippen LogP contribution in [0.3, 0.4) is 0 Å². The number of nitrogens with one attached hydrogen (secondary N) is 1. The van der Waals surface area contributed by atoms with Gasteiger partial charge in [-0.05, 0) is 5.56 Å². The van der Waals surface area contributed by atoms with E-state index in [2.05, 4.69) is 10.3 Å². The van der Waals surface area contributed by atoms with Crippen molar-refractivity contribution < 1.29 is 19.6 Å². The largest absolute Gasteiger partial charge is 0.481 e.